The predicted molar refractivity (Wildman–Crippen MR) is 148 cm³/mol. The molecule has 2 aromatic heterocycles. The van der Waals surface area contributed by atoms with Crippen LogP contribution in [0.2, 0.25) is 5.02 Å². The molecule has 9 nitrogen and oxygen atoms in total. The van der Waals surface area contributed by atoms with Crippen molar-refractivity contribution in [3.8, 4) is 11.1 Å². The summed E-state index contributed by atoms with van der Waals surface area (Å²) in [6.45, 7) is 0.844. The van der Waals surface area contributed by atoms with E-state index in [4.69, 9.17) is 17.3 Å². The normalized spacial score (nSPS) is 13.0. The Bertz CT molecular complexity index is 1650. The number of primary amides is 1. The zero-order valence-corrected chi connectivity index (χ0v) is 22.3. The molecule has 4 aromatic rings. The van der Waals surface area contributed by atoms with Crippen molar-refractivity contribution >= 4 is 40.7 Å². The van der Waals surface area contributed by atoms with E-state index < -0.39 is 28.9 Å². The number of carbonyl (C=O) groups is 2. The molecule has 0 aliphatic carbocycles. The highest BCUT2D eigenvalue weighted by Crippen LogP contribution is 2.41. The fourth-order valence-corrected chi connectivity index (χ4v) is 4.89. The molecule has 41 heavy (non-hydrogen) atoms. The number of carbonyl (C=O) groups excluding carboxylic acids is 2. The molecule has 0 bridgehead atoms. The fourth-order valence-electron chi connectivity index (χ4n) is 4.65. The first kappa shape index (κ1) is 27.8. The number of aromatic nitrogens is 3. The van der Waals surface area contributed by atoms with Gasteiger partial charge in [0.05, 0.1) is 22.0 Å². The van der Waals surface area contributed by atoms with Crippen molar-refractivity contribution in [1.29, 1.82) is 0 Å². The lowest BCUT2D eigenvalue weighted by Crippen LogP contribution is -2.31. The third-order valence-electron chi connectivity index (χ3n) is 6.63. The van der Waals surface area contributed by atoms with Crippen LogP contribution in [0.5, 0.6) is 0 Å². The third kappa shape index (κ3) is 5.78. The van der Waals surface area contributed by atoms with Gasteiger partial charge in [0.15, 0.2) is 0 Å². The first-order valence-electron chi connectivity index (χ1n) is 12.4. The molecule has 0 unspecified atom stereocenters. The van der Waals surface area contributed by atoms with Crippen molar-refractivity contribution in [2.45, 2.75) is 19.1 Å². The average Bonchev–Trinajstić information content (AvgIpc) is 2.96. The predicted octanol–water partition coefficient (Wildman–Crippen LogP) is 4.98. The van der Waals surface area contributed by atoms with Gasteiger partial charge in [0.2, 0.25) is 5.95 Å². The van der Waals surface area contributed by atoms with Gasteiger partial charge in [0.1, 0.15) is 5.69 Å². The number of alkyl halides is 3. The van der Waals surface area contributed by atoms with E-state index in [0.717, 1.165) is 23.5 Å². The van der Waals surface area contributed by atoms with Crippen LogP contribution in [-0.2, 0) is 19.1 Å². The van der Waals surface area contributed by atoms with E-state index in [2.05, 4.69) is 25.6 Å². The summed E-state index contributed by atoms with van der Waals surface area (Å²) in [7, 11) is 1.56. The lowest BCUT2D eigenvalue weighted by molar-refractivity contribution is -0.137. The minimum atomic E-state index is -4.73. The molecule has 13 heteroatoms. The van der Waals surface area contributed by atoms with E-state index in [1.165, 1.54) is 18.2 Å². The van der Waals surface area contributed by atoms with Crippen molar-refractivity contribution < 1.29 is 22.8 Å². The Balaban J connectivity index is 1.41. The first-order valence-corrected chi connectivity index (χ1v) is 12.8. The van der Waals surface area contributed by atoms with Gasteiger partial charge < -0.3 is 21.3 Å². The van der Waals surface area contributed by atoms with Gasteiger partial charge in [-0.15, -0.1) is 0 Å². The number of halogens is 4. The first-order chi connectivity index (χ1) is 19.5. The second kappa shape index (κ2) is 11.0. The molecule has 0 spiro atoms. The summed E-state index contributed by atoms with van der Waals surface area (Å²) in [4.78, 5) is 38.5. The van der Waals surface area contributed by atoms with Gasteiger partial charge in [-0.1, -0.05) is 17.7 Å². The Morgan fingerprint density at radius 2 is 1.83 bits per heavy atom. The lowest BCUT2D eigenvalue weighted by atomic mass is 9.96. The summed E-state index contributed by atoms with van der Waals surface area (Å²) in [5.74, 6) is -0.870. The zero-order valence-electron chi connectivity index (χ0n) is 21.6. The van der Waals surface area contributed by atoms with E-state index in [1.807, 2.05) is 4.90 Å². The van der Waals surface area contributed by atoms with Gasteiger partial charge in [0.25, 0.3) is 11.8 Å². The Labute approximate surface area is 237 Å². The maximum atomic E-state index is 13.9. The maximum Gasteiger partial charge on any atom is 0.417 e. The van der Waals surface area contributed by atoms with Crippen LogP contribution in [0.1, 0.15) is 37.7 Å². The quantitative estimate of drug-likeness (QED) is 0.293. The fraction of sp³-hybridized carbons (Fsp3) is 0.179. The highest BCUT2D eigenvalue weighted by atomic mass is 35.5. The Morgan fingerprint density at radius 3 is 2.51 bits per heavy atom. The van der Waals surface area contributed by atoms with E-state index in [1.54, 1.807) is 37.5 Å². The van der Waals surface area contributed by atoms with Crippen molar-refractivity contribution in [1.82, 2.24) is 20.3 Å². The standard InChI is InChI=1S/C28H23ClF3N7O2/c1-34-26(41)15-2-5-18(6-3-15)37-27-36-13-17-14-39(11-9-21(17)38-27)22-12-16(4-7-20(22)29)23-19(28(30,31)32)8-10-35-24(23)25(33)40/h2-8,10,12-13H,9,11,14H2,1H3,(H2,33,40)(H,34,41)(H,36,37,38). The van der Waals surface area contributed by atoms with Crippen molar-refractivity contribution in [2.75, 3.05) is 23.8 Å². The second-order valence-corrected chi connectivity index (χ2v) is 9.64. The number of hydrogen-bond donors (Lipinski definition) is 3. The van der Waals surface area contributed by atoms with Gasteiger partial charge in [-0.25, -0.2) is 9.97 Å². The highest BCUT2D eigenvalue weighted by Gasteiger charge is 2.36. The van der Waals surface area contributed by atoms with E-state index in [9.17, 15) is 22.8 Å². The second-order valence-electron chi connectivity index (χ2n) is 9.23. The number of rotatable bonds is 6. The number of nitrogens with one attached hydrogen (secondary N) is 2. The average molecular weight is 582 g/mol. The number of pyridine rings is 1. The van der Waals surface area contributed by atoms with E-state index >= 15 is 0 Å². The molecule has 0 fully saturated rings. The molecule has 2 aromatic carbocycles. The number of nitrogens with two attached hydrogens (primary N) is 1. The van der Waals surface area contributed by atoms with Crippen LogP contribution < -0.4 is 21.3 Å². The summed E-state index contributed by atoms with van der Waals surface area (Å²) in [5.41, 5.74) is 6.96. The molecular weight excluding hydrogens is 559 g/mol. The van der Waals surface area contributed by atoms with Crippen LogP contribution in [0.3, 0.4) is 0 Å². The van der Waals surface area contributed by atoms with Crippen molar-refractivity contribution in [3.63, 3.8) is 0 Å². The minimum absolute atomic E-state index is 0.114. The van der Waals surface area contributed by atoms with Crippen LogP contribution in [0.15, 0.2) is 60.9 Å². The highest BCUT2D eigenvalue weighted by molar-refractivity contribution is 6.33. The summed E-state index contributed by atoms with van der Waals surface area (Å²) in [5, 5.41) is 6.02. The molecule has 1 aliphatic heterocycles. The van der Waals surface area contributed by atoms with E-state index in [0.29, 0.717) is 47.4 Å². The molecule has 0 saturated carbocycles. The Kier molecular flexibility index (Phi) is 7.50. The van der Waals surface area contributed by atoms with Crippen molar-refractivity contribution in [2.24, 2.45) is 5.73 Å². The molecular formula is C28H23ClF3N7O2. The monoisotopic (exact) mass is 581 g/mol. The number of fused-ring (bicyclic) bond motifs is 1. The molecule has 0 atom stereocenters. The Morgan fingerprint density at radius 1 is 1.07 bits per heavy atom. The summed E-state index contributed by atoms with van der Waals surface area (Å²) in [6, 6.07) is 12.1. The molecule has 3 heterocycles. The lowest BCUT2D eigenvalue weighted by Gasteiger charge is -2.31. The van der Waals surface area contributed by atoms with Gasteiger partial charge in [-0.2, -0.15) is 13.2 Å². The van der Waals surface area contributed by atoms with Gasteiger partial charge in [-0.3, -0.25) is 14.6 Å². The number of benzene rings is 2. The zero-order chi connectivity index (χ0) is 29.3. The van der Waals surface area contributed by atoms with Crippen LogP contribution in [0.4, 0.5) is 30.5 Å². The molecule has 4 N–H and O–H groups in total. The number of nitrogens with zero attached hydrogens (tertiary/aromatic N) is 4. The SMILES string of the molecule is CNC(=O)c1ccc(Nc2ncc3c(n2)CCN(c2cc(-c4c(C(F)(F)F)ccnc4C(N)=O)ccc2Cl)C3)cc1. The summed E-state index contributed by atoms with van der Waals surface area (Å²) in [6.07, 6.45) is -1.62. The number of hydrogen-bond acceptors (Lipinski definition) is 7. The summed E-state index contributed by atoms with van der Waals surface area (Å²) < 4.78 is 41.6. The van der Waals surface area contributed by atoms with Crippen molar-refractivity contribution in [3.05, 3.63) is 94.0 Å². The third-order valence-corrected chi connectivity index (χ3v) is 6.95. The van der Waals surface area contributed by atoms with Crippen LogP contribution in [0, 0.1) is 0 Å². The van der Waals surface area contributed by atoms with Crippen LogP contribution >= 0.6 is 11.6 Å². The molecule has 5 rings (SSSR count). The van der Waals surface area contributed by atoms with Crippen LogP contribution in [-0.4, -0.2) is 40.4 Å². The topological polar surface area (TPSA) is 126 Å². The number of amides is 2. The van der Waals surface area contributed by atoms with E-state index in [-0.39, 0.29) is 11.5 Å². The van der Waals surface area contributed by atoms with Gasteiger partial charge in [0, 0.05) is 61.3 Å². The molecule has 1 aliphatic rings. The van der Waals surface area contributed by atoms with Gasteiger partial charge in [-0.05, 0) is 48.0 Å². The number of anilines is 3. The molecule has 0 radical (unpaired) electrons. The largest absolute Gasteiger partial charge is 0.417 e. The smallest absolute Gasteiger partial charge is 0.365 e. The maximum absolute atomic E-state index is 13.9. The summed E-state index contributed by atoms with van der Waals surface area (Å²) >= 11 is 6.49. The molecule has 210 valence electrons. The van der Waals surface area contributed by atoms with Crippen LogP contribution in [0.25, 0.3) is 11.1 Å². The molecule has 0 saturated heterocycles. The minimum Gasteiger partial charge on any atom is -0.365 e. The Hall–Kier alpha value is -4.71. The van der Waals surface area contributed by atoms with Gasteiger partial charge >= 0.3 is 6.18 Å². The molecule has 2 amide bonds.